The third-order valence-electron chi connectivity index (χ3n) is 3.82. The number of hydrogen-bond acceptors (Lipinski definition) is 4. The molecule has 0 saturated carbocycles. The van der Waals surface area contributed by atoms with E-state index in [1.54, 1.807) is 0 Å². The van der Waals surface area contributed by atoms with Crippen LogP contribution in [0.4, 0.5) is 5.13 Å². The van der Waals surface area contributed by atoms with Gasteiger partial charge in [0.25, 0.3) is 5.91 Å². The van der Waals surface area contributed by atoms with Crippen molar-refractivity contribution < 1.29 is 9.53 Å². The Morgan fingerprint density at radius 3 is 2.67 bits per heavy atom. The Morgan fingerprint density at radius 2 is 1.96 bits per heavy atom. The number of anilines is 1. The number of benzene rings is 2. The molecule has 3 aromatic rings. The molecule has 140 valence electrons. The lowest BCUT2D eigenvalue weighted by Gasteiger charge is -2.12. The van der Waals surface area contributed by atoms with Crippen molar-refractivity contribution in [2.45, 2.75) is 13.8 Å². The van der Waals surface area contributed by atoms with Crippen LogP contribution in [0.2, 0.25) is 5.02 Å². The van der Waals surface area contributed by atoms with Crippen LogP contribution in [0.5, 0.6) is 5.75 Å². The predicted molar refractivity (Wildman–Crippen MR) is 118 cm³/mol. The quantitative estimate of drug-likeness (QED) is 0.403. The number of nitrogens with one attached hydrogen (secondary N) is 1. The average Bonchev–Trinajstić information content (AvgIpc) is 3.11. The summed E-state index contributed by atoms with van der Waals surface area (Å²) in [5.74, 6) is 0.308. The van der Waals surface area contributed by atoms with Gasteiger partial charge < -0.3 is 4.74 Å². The highest BCUT2D eigenvalue weighted by molar-refractivity contribution is 9.10. The monoisotopic (exact) mass is 528 g/mol. The molecule has 4 nitrogen and oxygen atoms in total. The van der Waals surface area contributed by atoms with Crippen molar-refractivity contribution in [1.29, 1.82) is 0 Å². The maximum atomic E-state index is 12.2. The summed E-state index contributed by atoms with van der Waals surface area (Å²) in [5, 5.41) is 5.89. The minimum atomic E-state index is -0.274. The summed E-state index contributed by atoms with van der Waals surface area (Å²) in [5.41, 5.74) is 3.58. The summed E-state index contributed by atoms with van der Waals surface area (Å²) >= 11 is 14.5. The molecule has 8 heteroatoms. The zero-order valence-electron chi connectivity index (χ0n) is 14.5. The molecule has 0 unspecified atom stereocenters. The second-order valence-corrected chi connectivity index (χ2v) is 8.77. The molecule has 1 N–H and O–H groups in total. The molecule has 0 aliphatic heterocycles. The number of amides is 1. The fourth-order valence-corrected chi connectivity index (χ4v) is 4.08. The smallest absolute Gasteiger partial charge is 0.264 e. The largest absolute Gasteiger partial charge is 0.483 e. The highest BCUT2D eigenvalue weighted by Crippen LogP contribution is 2.35. The fourth-order valence-electron chi connectivity index (χ4n) is 2.39. The van der Waals surface area contributed by atoms with Gasteiger partial charge >= 0.3 is 0 Å². The normalized spacial score (nSPS) is 10.7. The molecule has 0 radical (unpaired) electrons. The Hall–Kier alpha value is -1.41. The number of hydrogen-bond donors (Lipinski definition) is 1. The van der Waals surface area contributed by atoms with Crippen LogP contribution >= 0.6 is 54.8 Å². The molecule has 0 saturated heterocycles. The van der Waals surface area contributed by atoms with Gasteiger partial charge in [-0.25, -0.2) is 4.98 Å². The number of halogens is 3. The third kappa shape index (κ3) is 4.90. The van der Waals surface area contributed by atoms with E-state index in [0.29, 0.717) is 15.9 Å². The molecule has 1 amide bonds. The van der Waals surface area contributed by atoms with E-state index in [2.05, 4.69) is 42.2 Å². The van der Waals surface area contributed by atoms with E-state index in [9.17, 15) is 4.79 Å². The summed E-state index contributed by atoms with van der Waals surface area (Å²) in [6.07, 6.45) is 0. The molecule has 2 aromatic carbocycles. The lowest BCUT2D eigenvalue weighted by Crippen LogP contribution is -2.20. The van der Waals surface area contributed by atoms with E-state index in [0.717, 1.165) is 31.3 Å². The number of carbonyl (C=O) groups is 1. The van der Waals surface area contributed by atoms with Gasteiger partial charge in [0.15, 0.2) is 11.7 Å². The first-order valence-electron chi connectivity index (χ1n) is 7.94. The van der Waals surface area contributed by atoms with Gasteiger partial charge in [-0.3, -0.25) is 10.1 Å². The topological polar surface area (TPSA) is 51.2 Å². The maximum Gasteiger partial charge on any atom is 0.264 e. The molecule has 27 heavy (non-hydrogen) atoms. The van der Waals surface area contributed by atoms with Crippen LogP contribution in [-0.4, -0.2) is 17.5 Å². The zero-order valence-corrected chi connectivity index (χ0v) is 19.2. The van der Waals surface area contributed by atoms with Gasteiger partial charge in [-0.05, 0) is 59.1 Å². The maximum absolute atomic E-state index is 12.2. The van der Waals surface area contributed by atoms with Gasteiger partial charge in [-0.2, -0.15) is 0 Å². The summed E-state index contributed by atoms with van der Waals surface area (Å²) in [7, 11) is 0. The Labute approximate surface area is 183 Å². The van der Waals surface area contributed by atoms with Gasteiger partial charge in [0.2, 0.25) is 0 Å². The van der Waals surface area contributed by atoms with E-state index >= 15 is 0 Å². The number of rotatable bonds is 5. The molecular formula is C19H15Br2ClN2O2S. The summed E-state index contributed by atoms with van der Waals surface area (Å²) in [6, 6.07) is 9.65. The molecule has 1 aromatic heterocycles. The van der Waals surface area contributed by atoms with E-state index in [1.165, 1.54) is 11.3 Å². The Kier molecular flexibility index (Phi) is 6.57. The van der Waals surface area contributed by atoms with Gasteiger partial charge in [-0.15, -0.1) is 11.3 Å². The van der Waals surface area contributed by atoms with Gasteiger partial charge in [-0.1, -0.05) is 39.7 Å². The zero-order chi connectivity index (χ0) is 19.6. The molecule has 0 fully saturated rings. The lowest BCUT2D eigenvalue weighted by molar-refractivity contribution is -0.118. The van der Waals surface area contributed by atoms with Crippen LogP contribution in [0.25, 0.3) is 11.3 Å². The second-order valence-electron chi connectivity index (χ2n) is 5.83. The second kappa shape index (κ2) is 8.73. The molecule has 0 aliphatic rings. The Bertz CT molecular complexity index is 990. The van der Waals surface area contributed by atoms with Crippen LogP contribution in [0.3, 0.4) is 0 Å². The van der Waals surface area contributed by atoms with Crippen molar-refractivity contribution in [1.82, 2.24) is 4.98 Å². The van der Waals surface area contributed by atoms with Crippen LogP contribution in [0.15, 0.2) is 44.7 Å². The number of nitrogens with zero attached hydrogens (tertiary/aromatic N) is 1. The van der Waals surface area contributed by atoms with Crippen LogP contribution in [0, 0.1) is 13.8 Å². The number of carbonyl (C=O) groups excluding carboxylic acids is 1. The first-order chi connectivity index (χ1) is 12.8. The average molecular weight is 531 g/mol. The Balaban J connectivity index is 1.63. The summed E-state index contributed by atoms with van der Waals surface area (Å²) < 4.78 is 7.40. The van der Waals surface area contributed by atoms with Crippen molar-refractivity contribution >= 4 is 65.8 Å². The molecule has 0 aliphatic carbocycles. The predicted octanol–water partition coefficient (Wildman–Crippen LogP) is 6.62. The van der Waals surface area contributed by atoms with Crippen molar-refractivity contribution in [2.24, 2.45) is 0 Å². The fraction of sp³-hybridized carbons (Fsp3) is 0.158. The van der Waals surface area contributed by atoms with Crippen LogP contribution in [0.1, 0.15) is 11.1 Å². The summed E-state index contributed by atoms with van der Waals surface area (Å²) in [4.78, 5) is 16.7. The first-order valence-corrected chi connectivity index (χ1v) is 10.8. The SMILES string of the molecule is Cc1cc(OCC(=O)Nc2nc(-c3ccc(Br)cc3)cs2)c(Br)c(C)c1Cl. The summed E-state index contributed by atoms with van der Waals surface area (Å²) in [6.45, 7) is 3.67. The number of ether oxygens (including phenoxy) is 1. The third-order valence-corrected chi connectivity index (χ3v) is 6.67. The standard InChI is InChI=1S/C19H15Br2ClN2O2S/c1-10-7-15(17(21)11(2)18(10)22)26-8-16(25)24-19-23-14(9-27-19)12-3-5-13(20)6-4-12/h3-7,9H,8H2,1-2H3,(H,23,24,25). The first kappa shape index (κ1) is 20.3. The minimum Gasteiger partial charge on any atom is -0.483 e. The number of aryl methyl sites for hydroxylation is 1. The molecule has 0 bridgehead atoms. The van der Waals surface area contributed by atoms with Gasteiger partial charge in [0, 0.05) is 20.4 Å². The number of aromatic nitrogens is 1. The van der Waals surface area contributed by atoms with E-state index in [1.807, 2.05) is 49.6 Å². The molecular weight excluding hydrogens is 516 g/mol. The minimum absolute atomic E-state index is 0.119. The van der Waals surface area contributed by atoms with Crippen molar-refractivity contribution in [2.75, 3.05) is 11.9 Å². The molecule has 0 atom stereocenters. The van der Waals surface area contributed by atoms with Crippen molar-refractivity contribution in [3.63, 3.8) is 0 Å². The Morgan fingerprint density at radius 1 is 1.26 bits per heavy atom. The van der Waals surface area contributed by atoms with Crippen molar-refractivity contribution in [3.05, 3.63) is 60.8 Å². The molecule has 3 rings (SSSR count). The highest BCUT2D eigenvalue weighted by atomic mass is 79.9. The van der Waals surface area contributed by atoms with Crippen molar-refractivity contribution in [3.8, 4) is 17.0 Å². The van der Waals surface area contributed by atoms with E-state index in [-0.39, 0.29) is 12.5 Å². The number of thiazole rings is 1. The molecule has 1 heterocycles. The highest BCUT2D eigenvalue weighted by Gasteiger charge is 2.13. The van der Waals surface area contributed by atoms with E-state index in [4.69, 9.17) is 16.3 Å². The molecule has 0 spiro atoms. The van der Waals surface area contributed by atoms with Gasteiger partial charge in [0.05, 0.1) is 10.2 Å². The lowest BCUT2D eigenvalue weighted by atomic mass is 10.1. The van der Waals surface area contributed by atoms with Gasteiger partial charge in [0.1, 0.15) is 5.75 Å². The van der Waals surface area contributed by atoms with E-state index < -0.39 is 0 Å². The van der Waals surface area contributed by atoms with Crippen LogP contribution < -0.4 is 10.1 Å². The van der Waals surface area contributed by atoms with Crippen LogP contribution in [-0.2, 0) is 4.79 Å².